The molecule has 0 unspecified atom stereocenters. The summed E-state index contributed by atoms with van der Waals surface area (Å²) in [6.07, 6.45) is 3.50. The van der Waals surface area contributed by atoms with Crippen LogP contribution in [0.1, 0.15) is 0 Å². The molecule has 0 aromatic carbocycles. The van der Waals surface area contributed by atoms with E-state index in [-0.39, 0.29) is 0 Å². The molecule has 0 saturated carbocycles. The molecular weight excluding hydrogens is 194 g/mol. The third-order valence-electron chi connectivity index (χ3n) is 0.566. The quantitative estimate of drug-likeness (QED) is 0.621. The summed E-state index contributed by atoms with van der Waals surface area (Å²) in [7, 11) is 0. The van der Waals surface area contributed by atoms with Gasteiger partial charge in [0.05, 0.1) is 0 Å². The van der Waals surface area contributed by atoms with E-state index in [1.54, 1.807) is 12.4 Å². The van der Waals surface area contributed by atoms with E-state index >= 15 is 0 Å². The maximum atomic E-state index is 4.35. The molecule has 47 valence electrons. The van der Waals surface area contributed by atoms with E-state index in [4.69, 9.17) is 0 Å². The molecule has 0 aliphatic heterocycles. The molecule has 0 fully saturated rings. The van der Waals surface area contributed by atoms with Gasteiger partial charge < -0.3 is 0 Å². The molecule has 1 rings (SSSR count). The third kappa shape index (κ3) is 3.95. The Balaban J connectivity index is 0.000000222. The first-order chi connectivity index (χ1) is 4.00. The fourth-order valence-corrected chi connectivity index (χ4v) is 0.313. The summed E-state index contributed by atoms with van der Waals surface area (Å²) in [5.74, 6) is 0. The molecule has 2 N–H and O–H groups in total. The zero-order chi connectivity index (χ0) is 6.24. The molecule has 0 aliphatic carbocycles. The first-order valence-corrected chi connectivity index (χ1v) is 2.93. The van der Waals surface area contributed by atoms with E-state index in [9.17, 15) is 0 Å². The van der Waals surface area contributed by atoms with Crippen LogP contribution in [0.25, 0.3) is 0 Å². The molecule has 0 spiro atoms. The summed E-state index contributed by atoms with van der Waals surface area (Å²) in [4.78, 5) is 3.78. The SMILES string of the molecule is [NH2][Pd].c1ccncc1. The van der Waals surface area contributed by atoms with Gasteiger partial charge in [0.1, 0.15) is 0 Å². The number of nitrogens with two attached hydrogens (primary N) is 1. The molecule has 0 saturated heterocycles. The van der Waals surface area contributed by atoms with Gasteiger partial charge in [-0.05, 0) is 12.1 Å². The predicted octanol–water partition coefficient (Wildman–Crippen LogP) is 0.489. The smallest absolute Gasteiger partial charge is 0.0267 e. The van der Waals surface area contributed by atoms with Crippen molar-refractivity contribution in [2.24, 2.45) is 4.37 Å². The average molecular weight is 202 g/mol. The molecular formula is C5H7N2Pd. The average Bonchev–Trinajstić information content (AvgIpc) is 1.96. The van der Waals surface area contributed by atoms with E-state index in [1.165, 1.54) is 0 Å². The largest absolute Gasteiger partial charge is 0.265 e. The maximum absolute atomic E-state index is 4.35. The number of hydrogen-bond acceptors (Lipinski definition) is 2. The van der Waals surface area contributed by atoms with Crippen molar-refractivity contribution in [3.8, 4) is 0 Å². The van der Waals surface area contributed by atoms with Crippen molar-refractivity contribution in [3.05, 3.63) is 30.6 Å². The third-order valence-corrected chi connectivity index (χ3v) is 0.566. The van der Waals surface area contributed by atoms with Gasteiger partial charge in [-0.15, -0.1) is 0 Å². The number of aromatic nitrogens is 1. The number of pyridine rings is 1. The summed E-state index contributed by atoms with van der Waals surface area (Å²) in [5, 5.41) is 0. The van der Waals surface area contributed by atoms with Crippen LogP contribution in [0, 0.1) is 0 Å². The topological polar surface area (TPSA) is 38.9 Å². The van der Waals surface area contributed by atoms with Crippen LogP contribution in [0.3, 0.4) is 0 Å². The van der Waals surface area contributed by atoms with Crippen LogP contribution in [0.2, 0.25) is 0 Å². The monoisotopic (exact) mass is 201 g/mol. The molecule has 0 radical (unpaired) electrons. The van der Waals surface area contributed by atoms with Gasteiger partial charge in [-0.25, -0.2) is 0 Å². The minimum Gasteiger partial charge on any atom is -0.265 e. The minimum atomic E-state index is 1.75. The van der Waals surface area contributed by atoms with Gasteiger partial charge in [-0.3, -0.25) is 4.98 Å². The Morgan fingerprint density at radius 3 is 1.62 bits per heavy atom. The number of rotatable bonds is 0. The summed E-state index contributed by atoms with van der Waals surface area (Å²) in [6.45, 7) is 0. The van der Waals surface area contributed by atoms with Crippen LogP contribution in [0.5, 0.6) is 0 Å². The number of hydrogen-bond donors (Lipinski definition) is 1. The second-order valence-electron chi connectivity index (χ2n) is 1.02. The summed E-state index contributed by atoms with van der Waals surface area (Å²) < 4.78 is 4.35. The standard InChI is InChI=1S/C5H5N.H2N.Pd/c1-2-4-6-5-3-1;;/h1-5H;1H2;/q;-1;+1. The van der Waals surface area contributed by atoms with E-state index in [1.807, 2.05) is 18.2 Å². The van der Waals surface area contributed by atoms with E-state index < -0.39 is 0 Å². The van der Waals surface area contributed by atoms with E-state index in [0.29, 0.717) is 0 Å². The van der Waals surface area contributed by atoms with Crippen LogP contribution in [0.15, 0.2) is 30.6 Å². The van der Waals surface area contributed by atoms with Gasteiger partial charge in [0.2, 0.25) is 0 Å². The maximum Gasteiger partial charge on any atom is 0.0267 e. The molecule has 0 amide bonds. The fraction of sp³-hybridized carbons (Fsp3) is 0. The van der Waals surface area contributed by atoms with E-state index in [2.05, 4.69) is 28.8 Å². The zero-order valence-electron chi connectivity index (χ0n) is 4.23. The molecule has 0 atom stereocenters. The van der Waals surface area contributed by atoms with Crippen LogP contribution in [0.4, 0.5) is 0 Å². The fourth-order valence-electron chi connectivity index (χ4n) is 0.313. The van der Waals surface area contributed by atoms with Crippen molar-refractivity contribution >= 4 is 0 Å². The van der Waals surface area contributed by atoms with E-state index in [0.717, 1.165) is 0 Å². The van der Waals surface area contributed by atoms with Crippen molar-refractivity contribution in [1.82, 2.24) is 4.98 Å². The molecule has 1 aromatic heterocycles. The first-order valence-electron chi connectivity index (χ1n) is 2.03. The van der Waals surface area contributed by atoms with Gasteiger partial charge in [-0.2, -0.15) is 0 Å². The van der Waals surface area contributed by atoms with Crippen molar-refractivity contribution in [2.75, 3.05) is 0 Å². The molecule has 8 heavy (non-hydrogen) atoms. The number of nitrogens with zero attached hydrogens (tertiary/aromatic N) is 1. The van der Waals surface area contributed by atoms with Crippen LogP contribution in [-0.2, 0) is 19.4 Å². The Morgan fingerprint density at radius 2 is 1.50 bits per heavy atom. The Bertz CT molecular complexity index is 82.4. The van der Waals surface area contributed by atoms with Crippen molar-refractivity contribution in [2.45, 2.75) is 0 Å². The molecule has 1 heterocycles. The first kappa shape index (κ1) is 7.77. The molecule has 0 aliphatic rings. The summed E-state index contributed by atoms with van der Waals surface area (Å²) in [5.41, 5.74) is 0. The van der Waals surface area contributed by atoms with Crippen LogP contribution >= 0.6 is 0 Å². The molecule has 0 bridgehead atoms. The zero-order valence-corrected chi connectivity index (χ0v) is 5.78. The Kier molecular flexibility index (Phi) is 6.58. The Labute approximate surface area is 59.8 Å². The predicted molar refractivity (Wildman–Crippen MR) is 28.4 cm³/mol. The molecule has 1 aromatic rings. The Morgan fingerprint density at radius 1 is 1.00 bits per heavy atom. The van der Waals surface area contributed by atoms with Crippen molar-refractivity contribution < 1.29 is 19.4 Å². The normalized spacial score (nSPS) is 6.88. The van der Waals surface area contributed by atoms with Crippen LogP contribution in [-0.4, -0.2) is 4.98 Å². The van der Waals surface area contributed by atoms with Crippen LogP contribution < -0.4 is 4.37 Å². The summed E-state index contributed by atoms with van der Waals surface area (Å²) >= 11 is 2.25. The molecule has 3 heteroatoms. The second-order valence-corrected chi connectivity index (χ2v) is 1.02. The van der Waals surface area contributed by atoms with Gasteiger partial charge in [0.15, 0.2) is 0 Å². The Hall–Kier alpha value is -0.228. The minimum absolute atomic E-state index is 1.75. The van der Waals surface area contributed by atoms with Crippen molar-refractivity contribution in [1.29, 1.82) is 0 Å². The second kappa shape index (κ2) is 6.77. The van der Waals surface area contributed by atoms with Gasteiger partial charge >= 0.3 is 23.8 Å². The van der Waals surface area contributed by atoms with Crippen molar-refractivity contribution in [3.63, 3.8) is 0 Å². The van der Waals surface area contributed by atoms with Gasteiger partial charge in [-0.1, -0.05) is 6.07 Å². The van der Waals surface area contributed by atoms with Gasteiger partial charge in [0, 0.05) is 12.4 Å². The van der Waals surface area contributed by atoms with Gasteiger partial charge in [0.25, 0.3) is 0 Å². The summed E-state index contributed by atoms with van der Waals surface area (Å²) in [6, 6.07) is 5.72. The molecule has 2 nitrogen and oxygen atoms in total.